The number of carbonyl (C=O) groups is 2. The zero-order valence-corrected chi connectivity index (χ0v) is 31.3. The van der Waals surface area contributed by atoms with Crippen LogP contribution < -0.4 is 0 Å². The molecule has 1 saturated heterocycles. The smallest absolute Gasteiger partial charge is 0.302 e. The van der Waals surface area contributed by atoms with Crippen molar-refractivity contribution in [3.63, 3.8) is 0 Å². The highest BCUT2D eigenvalue weighted by molar-refractivity contribution is 5.87. The SMILES string of the molecule is CC(=O)O[C@@H]1C[C@@]2(C)[C@@H]3CC=C4[C@H](C[C@H](O[C@H]5O[C@@H](CO)[C@@H](O)[C@@H](O)[C@H]5O)[C@H](O)C4(C)C)[C@]3(C)CC[C@]2(C)[C@@H]1[C@](C)(O)C(=O)CCC(C)(C)O. The standard InChI is InChI=1S/C38H62O12/c1-19(40)48-23-17-37(8)25-11-10-20-21(16-22(31(45)34(20,4)5)49-32-29(44)28(43)27(42)24(18-39)50-32)35(25,6)14-15-36(37,7)30(23)38(9,47)26(41)12-13-33(2,3)46/h10,21-25,27-32,39,42-47H,11-18H2,1-9H3/t21-,22-,23+,24-,25+,27+,28+,29+,30+,31-,32-,35-,36+,37-,38+/m0/s1. The molecule has 4 aliphatic carbocycles. The molecule has 0 spiro atoms. The lowest BCUT2D eigenvalue weighted by Crippen LogP contribution is -2.64. The molecule has 0 aromatic carbocycles. The van der Waals surface area contributed by atoms with E-state index in [9.17, 15) is 45.3 Å². The van der Waals surface area contributed by atoms with Gasteiger partial charge >= 0.3 is 5.97 Å². The summed E-state index contributed by atoms with van der Waals surface area (Å²) in [6.07, 6.45) is -4.50. The van der Waals surface area contributed by atoms with Crippen molar-refractivity contribution in [2.24, 2.45) is 39.4 Å². The Labute approximate surface area is 296 Å². The number of rotatable bonds is 9. The van der Waals surface area contributed by atoms with Crippen LogP contribution in [0.15, 0.2) is 11.6 Å². The molecule has 5 rings (SSSR count). The largest absolute Gasteiger partial charge is 0.462 e. The molecule has 7 N–H and O–H groups in total. The Balaban J connectivity index is 1.49. The summed E-state index contributed by atoms with van der Waals surface area (Å²) in [5.41, 5.74) is -3.94. The topological polar surface area (TPSA) is 203 Å². The summed E-state index contributed by atoms with van der Waals surface area (Å²) in [5.74, 6) is -1.58. The fourth-order valence-electron chi connectivity index (χ4n) is 11.4. The molecule has 286 valence electrons. The van der Waals surface area contributed by atoms with E-state index in [2.05, 4.69) is 26.8 Å². The summed E-state index contributed by atoms with van der Waals surface area (Å²) in [5, 5.41) is 75.4. The monoisotopic (exact) mass is 710 g/mol. The Kier molecular flexibility index (Phi) is 10.4. The molecule has 5 aliphatic rings. The van der Waals surface area contributed by atoms with Gasteiger partial charge in [-0.1, -0.05) is 46.3 Å². The van der Waals surface area contributed by atoms with Gasteiger partial charge in [-0.15, -0.1) is 0 Å². The van der Waals surface area contributed by atoms with Crippen molar-refractivity contribution >= 4 is 11.8 Å². The third-order valence-electron chi connectivity index (χ3n) is 14.4. The molecule has 50 heavy (non-hydrogen) atoms. The van der Waals surface area contributed by atoms with E-state index in [4.69, 9.17) is 14.2 Å². The molecule has 15 atom stereocenters. The highest BCUT2D eigenvalue weighted by Crippen LogP contribution is 2.75. The Morgan fingerprint density at radius 2 is 1.58 bits per heavy atom. The van der Waals surface area contributed by atoms with Gasteiger partial charge < -0.3 is 50.0 Å². The maximum Gasteiger partial charge on any atom is 0.302 e. The number of aliphatic hydroxyl groups excluding tert-OH is 5. The molecule has 0 amide bonds. The summed E-state index contributed by atoms with van der Waals surface area (Å²) in [6.45, 7) is 16.1. The van der Waals surface area contributed by atoms with Gasteiger partial charge in [-0.3, -0.25) is 9.59 Å². The average Bonchev–Trinajstić information content (AvgIpc) is 3.24. The fraction of sp³-hybridized carbons (Fsp3) is 0.895. The lowest BCUT2D eigenvalue weighted by molar-refractivity contribution is -0.324. The van der Waals surface area contributed by atoms with E-state index in [1.54, 1.807) is 13.8 Å². The number of ketones is 1. The fourth-order valence-corrected chi connectivity index (χ4v) is 11.4. The molecule has 0 aromatic rings. The molecular formula is C38H62O12. The molecule has 0 bridgehead atoms. The zero-order chi connectivity index (χ0) is 37.6. The van der Waals surface area contributed by atoms with Gasteiger partial charge in [0.25, 0.3) is 0 Å². The molecule has 12 heteroatoms. The van der Waals surface area contributed by atoms with E-state index in [0.29, 0.717) is 25.7 Å². The van der Waals surface area contributed by atoms with Gasteiger partial charge in [-0.2, -0.15) is 0 Å². The summed E-state index contributed by atoms with van der Waals surface area (Å²) in [4.78, 5) is 26.3. The molecular weight excluding hydrogens is 648 g/mol. The van der Waals surface area contributed by atoms with Crippen LogP contribution in [0.25, 0.3) is 0 Å². The van der Waals surface area contributed by atoms with E-state index < -0.39 is 95.0 Å². The minimum Gasteiger partial charge on any atom is -0.462 e. The van der Waals surface area contributed by atoms with E-state index in [0.717, 1.165) is 12.0 Å². The lowest BCUT2D eigenvalue weighted by atomic mass is 9.38. The maximum absolute atomic E-state index is 13.8. The number of fused-ring (bicyclic) bond motifs is 5. The van der Waals surface area contributed by atoms with Crippen molar-refractivity contribution in [2.75, 3.05) is 6.61 Å². The van der Waals surface area contributed by atoms with E-state index in [-0.39, 0.29) is 35.9 Å². The minimum atomic E-state index is -1.82. The van der Waals surface area contributed by atoms with Crippen molar-refractivity contribution in [1.82, 2.24) is 0 Å². The third kappa shape index (κ3) is 6.22. The van der Waals surface area contributed by atoms with Crippen LogP contribution in [0.1, 0.15) is 107 Å². The number of aliphatic hydroxyl groups is 7. The summed E-state index contributed by atoms with van der Waals surface area (Å²) >= 11 is 0. The van der Waals surface area contributed by atoms with Gasteiger partial charge in [0.05, 0.1) is 24.4 Å². The molecule has 3 saturated carbocycles. The lowest BCUT2D eigenvalue weighted by Gasteiger charge is -2.66. The van der Waals surface area contributed by atoms with Gasteiger partial charge in [0.2, 0.25) is 0 Å². The number of hydrogen-bond acceptors (Lipinski definition) is 12. The van der Waals surface area contributed by atoms with Gasteiger partial charge in [0.15, 0.2) is 12.1 Å². The van der Waals surface area contributed by atoms with Crippen LogP contribution in [0.2, 0.25) is 0 Å². The third-order valence-corrected chi connectivity index (χ3v) is 14.4. The Morgan fingerprint density at radius 3 is 2.16 bits per heavy atom. The average molecular weight is 711 g/mol. The highest BCUT2D eigenvalue weighted by Gasteiger charge is 2.73. The Morgan fingerprint density at radius 1 is 0.940 bits per heavy atom. The van der Waals surface area contributed by atoms with Gasteiger partial charge in [0, 0.05) is 24.7 Å². The van der Waals surface area contributed by atoms with Crippen LogP contribution >= 0.6 is 0 Å². The summed E-state index contributed by atoms with van der Waals surface area (Å²) in [7, 11) is 0. The number of allylic oxidation sites excluding steroid dienone is 1. The second kappa shape index (κ2) is 13.1. The van der Waals surface area contributed by atoms with Crippen molar-refractivity contribution in [3.8, 4) is 0 Å². The second-order valence-electron chi connectivity index (χ2n) is 18.3. The number of ether oxygens (including phenoxy) is 3. The molecule has 12 nitrogen and oxygen atoms in total. The maximum atomic E-state index is 13.8. The molecule has 0 aromatic heterocycles. The van der Waals surface area contributed by atoms with Crippen LogP contribution in [0.4, 0.5) is 0 Å². The highest BCUT2D eigenvalue weighted by atomic mass is 16.7. The first-order valence-electron chi connectivity index (χ1n) is 18.4. The first-order chi connectivity index (χ1) is 22.9. The quantitative estimate of drug-likeness (QED) is 0.136. The van der Waals surface area contributed by atoms with E-state index in [1.807, 2.05) is 13.8 Å². The molecule has 0 unspecified atom stereocenters. The minimum absolute atomic E-state index is 0.0187. The molecule has 1 heterocycles. The van der Waals surface area contributed by atoms with Crippen LogP contribution in [-0.4, -0.2) is 114 Å². The molecule has 0 radical (unpaired) electrons. The van der Waals surface area contributed by atoms with E-state index >= 15 is 0 Å². The Bertz CT molecular complexity index is 1340. The molecule has 1 aliphatic heterocycles. The van der Waals surface area contributed by atoms with Crippen molar-refractivity contribution in [2.45, 2.75) is 167 Å². The van der Waals surface area contributed by atoms with Crippen molar-refractivity contribution in [3.05, 3.63) is 11.6 Å². The van der Waals surface area contributed by atoms with E-state index in [1.165, 1.54) is 13.8 Å². The van der Waals surface area contributed by atoms with Crippen LogP contribution in [0, 0.1) is 39.4 Å². The number of esters is 1. The van der Waals surface area contributed by atoms with Gasteiger partial charge in [0.1, 0.15) is 36.1 Å². The normalized spacial score (nSPS) is 46.9. The zero-order valence-electron chi connectivity index (χ0n) is 31.3. The number of Topliss-reactive ketones (excluding diaryl/α,β-unsaturated/α-hetero) is 1. The summed E-state index contributed by atoms with van der Waals surface area (Å²) < 4.78 is 17.9. The van der Waals surface area contributed by atoms with Crippen molar-refractivity contribution < 1.29 is 59.5 Å². The first kappa shape index (κ1) is 39.7. The first-order valence-corrected chi connectivity index (χ1v) is 18.4. The van der Waals surface area contributed by atoms with Gasteiger partial charge in [-0.05, 0) is 87.4 Å². The predicted molar refractivity (Wildman–Crippen MR) is 181 cm³/mol. The number of hydrogen-bond donors (Lipinski definition) is 7. The molecule has 4 fully saturated rings. The van der Waals surface area contributed by atoms with Crippen LogP contribution in [0.3, 0.4) is 0 Å². The predicted octanol–water partition coefficient (Wildman–Crippen LogP) is 2.16. The number of carbonyl (C=O) groups excluding carboxylic acids is 2. The Hall–Kier alpha value is -1.48. The van der Waals surface area contributed by atoms with Gasteiger partial charge in [-0.25, -0.2) is 0 Å². The second-order valence-corrected chi connectivity index (χ2v) is 18.3. The summed E-state index contributed by atoms with van der Waals surface area (Å²) in [6, 6.07) is 0. The van der Waals surface area contributed by atoms with Crippen molar-refractivity contribution in [1.29, 1.82) is 0 Å². The van der Waals surface area contributed by atoms with Crippen LogP contribution in [-0.2, 0) is 23.8 Å². The van der Waals surface area contributed by atoms with Crippen LogP contribution in [0.5, 0.6) is 0 Å².